The molecule has 25 heavy (non-hydrogen) atoms. The molecule has 0 aliphatic heterocycles. The summed E-state index contributed by atoms with van der Waals surface area (Å²) in [6.45, 7) is 0. The van der Waals surface area contributed by atoms with Gasteiger partial charge in [-0.15, -0.1) is 0 Å². The fraction of sp³-hybridized carbons (Fsp3) is 0.118. The number of halogens is 1. The highest BCUT2D eigenvalue weighted by atomic mass is 35.5. The molecule has 7 nitrogen and oxygen atoms in total. The Kier molecular flexibility index (Phi) is 4.85. The van der Waals surface area contributed by atoms with Crippen LogP contribution in [0.4, 0.5) is 23.0 Å². The zero-order valence-electron chi connectivity index (χ0n) is 13.7. The smallest absolute Gasteiger partial charge is 0.253 e. The normalized spacial score (nSPS) is 10.4. The maximum atomic E-state index is 12.0. The van der Waals surface area contributed by atoms with E-state index in [0.29, 0.717) is 33.6 Å². The van der Waals surface area contributed by atoms with Crippen LogP contribution in [0.1, 0.15) is 10.4 Å². The number of aromatic nitrogens is 3. The van der Waals surface area contributed by atoms with Crippen molar-refractivity contribution in [3.05, 3.63) is 59.6 Å². The highest BCUT2D eigenvalue weighted by Crippen LogP contribution is 2.29. The molecule has 0 saturated heterocycles. The number of benzene rings is 1. The molecular formula is C17H17ClN6O. The van der Waals surface area contributed by atoms with Gasteiger partial charge in [0.05, 0.1) is 34.5 Å². The molecule has 8 heteroatoms. The van der Waals surface area contributed by atoms with Gasteiger partial charge in [-0.25, -0.2) is 9.97 Å². The number of nitrogens with one attached hydrogen (secondary N) is 3. The lowest BCUT2D eigenvalue weighted by Crippen LogP contribution is -2.19. The monoisotopic (exact) mass is 356 g/mol. The summed E-state index contributed by atoms with van der Waals surface area (Å²) in [6, 6.07) is 8.96. The van der Waals surface area contributed by atoms with Crippen molar-refractivity contribution >= 4 is 40.5 Å². The first-order chi connectivity index (χ1) is 12.1. The lowest BCUT2D eigenvalue weighted by molar-refractivity contribution is 0.0964. The number of para-hydroxylation sites is 1. The van der Waals surface area contributed by atoms with Crippen molar-refractivity contribution in [2.45, 2.75) is 0 Å². The number of pyridine rings is 1. The zero-order valence-corrected chi connectivity index (χ0v) is 14.5. The molecule has 0 saturated carbocycles. The second kappa shape index (κ2) is 7.23. The topological polar surface area (TPSA) is 83.9 Å². The molecule has 0 atom stereocenters. The summed E-state index contributed by atoms with van der Waals surface area (Å²) in [5.41, 5.74) is 1.81. The van der Waals surface area contributed by atoms with Crippen LogP contribution < -0.4 is 16.0 Å². The number of hydrogen-bond acceptors (Lipinski definition) is 5. The van der Waals surface area contributed by atoms with Crippen molar-refractivity contribution in [3.8, 4) is 0 Å². The first-order valence-electron chi connectivity index (χ1n) is 7.55. The summed E-state index contributed by atoms with van der Waals surface area (Å²) in [5, 5.41) is 9.36. The molecule has 0 aliphatic carbocycles. The third-order valence-electron chi connectivity index (χ3n) is 3.48. The highest BCUT2D eigenvalue weighted by molar-refractivity contribution is 6.33. The molecule has 2 heterocycles. The summed E-state index contributed by atoms with van der Waals surface area (Å²) in [4.78, 5) is 20.4. The van der Waals surface area contributed by atoms with Crippen molar-refractivity contribution in [2.75, 3.05) is 17.7 Å². The van der Waals surface area contributed by atoms with Crippen molar-refractivity contribution in [3.63, 3.8) is 0 Å². The Morgan fingerprint density at radius 1 is 1.12 bits per heavy atom. The minimum absolute atomic E-state index is 0.180. The maximum Gasteiger partial charge on any atom is 0.253 e. The summed E-state index contributed by atoms with van der Waals surface area (Å²) < 4.78 is 1.83. The third-order valence-corrected chi connectivity index (χ3v) is 3.79. The van der Waals surface area contributed by atoms with E-state index in [4.69, 9.17) is 11.6 Å². The number of carbonyl (C=O) groups is 1. The number of imidazole rings is 1. The lowest BCUT2D eigenvalue weighted by Gasteiger charge is -2.13. The molecule has 1 amide bonds. The summed E-state index contributed by atoms with van der Waals surface area (Å²) in [6.07, 6.45) is 5.07. The van der Waals surface area contributed by atoms with Crippen LogP contribution in [0.15, 0.2) is 49.1 Å². The Labute approximate surface area is 150 Å². The van der Waals surface area contributed by atoms with E-state index in [1.165, 1.54) is 6.20 Å². The largest absolute Gasteiger partial charge is 0.355 e. The third kappa shape index (κ3) is 3.89. The van der Waals surface area contributed by atoms with Crippen molar-refractivity contribution in [1.29, 1.82) is 0 Å². The van der Waals surface area contributed by atoms with Crippen LogP contribution in [0.3, 0.4) is 0 Å². The summed E-state index contributed by atoms with van der Waals surface area (Å²) >= 11 is 6.25. The van der Waals surface area contributed by atoms with E-state index in [9.17, 15) is 4.79 Å². The number of anilines is 4. The van der Waals surface area contributed by atoms with Crippen molar-refractivity contribution < 1.29 is 4.79 Å². The van der Waals surface area contributed by atoms with Gasteiger partial charge in [0.15, 0.2) is 0 Å². The molecule has 128 valence electrons. The fourth-order valence-corrected chi connectivity index (χ4v) is 2.43. The van der Waals surface area contributed by atoms with E-state index in [1.807, 2.05) is 29.9 Å². The van der Waals surface area contributed by atoms with E-state index in [2.05, 4.69) is 25.9 Å². The van der Waals surface area contributed by atoms with Gasteiger partial charge >= 0.3 is 0 Å². The summed E-state index contributed by atoms with van der Waals surface area (Å²) in [7, 11) is 3.48. The fourth-order valence-electron chi connectivity index (χ4n) is 2.28. The molecule has 0 spiro atoms. The SMILES string of the molecule is CNC(=O)c1ccccc1Nc1cc(Nc2cn(C)cn2)ncc1Cl. The average molecular weight is 357 g/mol. The Bertz CT molecular complexity index is 908. The zero-order chi connectivity index (χ0) is 17.8. The molecule has 2 aromatic heterocycles. The Balaban J connectivity index is 1.88. The van der Waals surface area contributed by atoms with Crippen LogP contribution in [0.25, 0.3) is 0 Å². The van der Waals surface area contributed by atoms with Gasteiger partial charge in [-0.05, 0) is 12.1 Å². The van der Waals surface area contributed by atoms with Gasteiger partial charge in [-0.3, -0.25) is 4.79 Å². The van der Waals surface area contributed by atoms with Crippen molar-refractivity contribution in [2.24, 2.45) is 7.05 Å². The van der Waals surface area contributed by atoms with E-state index >= 15 is 0 Å². The Morgan fingerprint density at radius 3 is 2.64 bits per heavy atom. The van der Waals surface area contributed by atoms with Crippen LogP contribution in [0.2, 0.25) is 5.02 Å². The van der Waals surface area contributed by atoms with Crippen LogP contribution in [0, 0.1) is 0 Å². The van der Waals surface area contributed by atoms with Crippen LogP contribution in [0.5, 0.6) is 0 Å². The minimum Gasteiger partial charge on any atom is -0.355 e. The average Bonchev–Trinajstić information content (AvgIpc) is 3.02. The molecule has 0 bridgehead atoms. The first-order valence-corrected chi connectivity index (χ1v) is 7.93. The Hall–Kier alpha value is -3.06. The standard InChI is InChI=1S/C17H17ClN6O/c1-19-17(25)11-5-3-4-6-13(11)22-14-7-15(20-8-12(14)18)23-16-9-24(2)10-21-16/h3-10H,1-2H3,(H,19,25)(H2,20,22,23). The van der Waals surface area contributed by atoms with Crippen LogP contribution >= 0.6 is 11.6 Å². The van der Waals surface area contributed by atoms with Gasteiger partial charge < -0.3 is 20.5 Å². The lowest BCUT2D eigenvalue weighted by atomic mass is 10.1. The number of nitrogens with zero attached hydrogens (tertiary/aromatic N) is 3. The van der Waals surface area contributed by atoms with Gasteiger partial charge in [-0.1, -0.05) is 23.7 Å². The predicted octanol–water partition coefficient (Wildman–Crippen LogP) is 3.32. The number of carbonyl (C=O) groups excluding carboxylic acids is 1. The molecular weight excluding hydrogens is 340 g/mol. The summed E-state index contributed by atoms with van der Waals surface area (Å²) in [5.74, 6) is 1.08. The number of amides is 1. The molecule has 3 aromatic rings. The highest BCUT2D eigenvalue weighted by Gasteiger charge is 2.11. The molecule has 1 aromatic carbocycles. The van der Waals surface area contributed by atoms with Crippen molar-refractivity contribution in [1.82, 2.24) is 19.9 Å². The second-order valence-corrected chi connectivity index (χ2v) is 5.76. The number of rotatable bonds is 5. The number of aryl methyl sites for hydroxylation is 1. The van der Waals surface area contributed by atoms with E-state index in [1.54, 1.807) is 31.6 Å². The molecule has 3 rings (SSSR count). The van der Waals surface area contributed by atoms with Crippen LogP contribution in [-0.2, 0) is 7.05 Å². The molecule has 0 aliphatic rings. The minimum atomic E-state index is -0.180. The van der Waals surface area contributed by atoms with Gasteiger partial charge in [0, 0.05) is 26.4 Å². The second-order valence-electron chi connectivity index (χ2n) is 5.35. The van der Waals surface area contributed by atoms with Gasteiger partial charge in [0.1, 0.15) is 11.6 Å². The molecule has 0 unspecified atom stereocenters. The van der Waals surface area contributed by atoms with E-state index in [-0.39, 0.29) is 5.91 Å². The number of hydrogen-bond donors (Lipinski definition) is 3. The van der Waals surface area contributed by atoms with Crippen LogP contribution in [-0.4, -0.2) is 27.5 Å². The van der Waals surface area contributed by atoms with Gasteiger partial charge in [0.2, 0.25) is 0 Å². The van der Waals surface area contributed by atoms with Gasteiger partial charge in [-0.2, -0.15) is 0 Å². The van der Waals surface area contributed by atoms with E-state index < -0.39 is 0 Å². The predicted molar refractivity (Wildman–Crippen MR) is 98.9 cm³/mol. The molecule has 0 fully saturated rings. The quantitative estimate of drug-likeness (QED) is 0.653. The molecule has 0 radical (unpaired) electrons. The van der Waals surface area contributed by atoms with Gasteiger partial charge in [0.25, 0.3) is 5.91 Å². The Morgan fingerprint density at radius 2 is 1.92 bits per heavy atom. The first kappa shape index (κ1) is 16.8. The molecule has 3 N–H and O–H groups in total. The maximum absolute atomic E-state index is 12.0. The van der Waals surface area contributed by atoms with E-state index in [0.717, 1.165) is 0 Å².